The number of oxime groups is 1. The summed E-state index contributed by atoms with van der Waals surface area (Å²) < 4.78 is 11.6. The fraction of sp³-hybridized carbons (Fsp3) is 0.200. The molecule has 0 N–H and O–H groups in total. The van der Waals surface area contributed by atoms with Gasteiger partial charge in [0.15, 0.2) is 11.5 Å². The molecule has 0 aliphatic carbocycles. The number of halogens is 2. The highest BCUT2D eigenvalue weighted by Crippen LogP contribution is 2.31. The molecule has 0 bridgehead atoms. The Labute approximate surface area is 167 Å². The van der Waals surface area contributed by atoms with Crippen LogP contribution >= 0.6 is 23.2 Å². The molecule has 0 radical (unpaired) electrons. The van der Waals surface area contributed by atoms with Crippen LogP contribution in [0.15, 0.2) is 47.1 Å². The Kier molecular flexibility index (Phi) is 6.04. The van der Waals surface area contributed by atoms with E-state index < -0.39 is 5.97 Å². The lowest BCUT2D eigenvalue weighted by molar-refractivity contribution is -0.136. The Morgan fingerprint density at radius 1 is 1.11 bits per heavy atom. The summed E-state index contributed by atoms with van der Waals surface area (Å²) in [5.74, 6) is 0.672. The second-order valence-corrected chi connectivity index (χ2v) is 6.62. The second-order valence-electron chi connectivity index (χ2n) is 5.78. The molecule has 2 aromatic rings. The quantitative estimate of drug-likeness (QED) is 0.483. The van der Waals surface area contributed by atoms with E-state index in [1.54, 1.807) is 37.3 Å². The summed E-state index contributed by atoms with van der Waals surface area (Å²) in [6.45, 7) is 4.35. The summed E-state index contributed by atoms with van der Waals surface area (Å²) in [5.41, 5.74) is 2.55. The van der Waals surface area contributed by atoms with Crippen molar-refractivity contribution in [2.75, 3.05) is 6.61 Å². The predicted octanol–water partition coefficient (Wildman–Crippen LogP) is 5.29. The fourth-order valence-corrected chi connectivity index (χ4v) is 2.95. The molecule has 2 aromatic carbocycles. The molecule has 5 nitrogen and oxygen atoms in total. The molecule has 0 saturated heterocycles. The van der Waals surface area contributed by atoms with Gasteiger partial charge in [0.25, 0.3) is 0 Å². The molecule has 0 unspecified atom stereocenters. The van der Waals surface area contributed by atoms with Crippen LogP contribution in [0.4, 0.5) is 0 Å². The third-order valence-electron chi connectivity index (χ3n) is 3.85. The van der Waals surface area contributed by atoms with Crippen LogP contribution in [0.2, 0.25) is 10.0 Å². The fourth-order valence-electron chi connectivity index (χ4n) is 2.48. The van der Waals surface area contributed by atoms with E-state index >= 15 is 0 Å². The van der Waals surface area contributed by atoms with Crippen LogP contribution < -0.4 is 9.47 Å². The molecule has 0 atom stereocenters. The number of benzene rings is 2. The number of rotatable bonds is 6. The molecule has 7 heteroatoms. The van der Waals surface area contributed by atoms with Crippen molar-refractivity contribution in [3.05, 3.63) is 63.1 Å². The van der Waals surface area contributed by atoms with E-state index in [9.17, 15) is 4.79 Å². The van der Waals surface area contributed by atoms with Crippen LogP contribution in [0, 0.1) is 0 Å². The SMILES string of the molecule is CCOc1cc(/C=C2\C(=O)ON=C2C)ccc1OCc1ccc(Cl)cc1Cl. The first-order valence-corrected chi connectivity index (χ1v) is 9.05. The van der Waals surface area contributed by atoms with Gasteiger partial charge >= 0.3 is 5.97 Å². The highest BCUT2D eigenvalue weighted by Gasteiger charge is 2.22. The van der Waals surface area contributed by atoms with Gasteiger partial charge in [0.2, 0.25) is 0 Å². The van der Waals surface area contributed by atoms with Crippen LogP contribution in [0.25, 0.3) is 6.08 Å². The van der Waals surface area contributed by atoms with Gasteiger partial charge in [-0.15, -0.1) is 0 Å². The van der Waals surface area contributed by atoms with Crippen LogP contribution in [0.5, 0.6) is 11.5 Å². The number of hydrogen-bond acceptors (Lipinski definition) is 5. The van der Waals surface area contributed by atoms with E-state index in [2.05, 4.69) is 9.99 Å². The largest absolute Gasteiger partial charge is 0.490 e. The smallest absolute Gasteiger partial charge is 0.367 e. The van der Waals surface area contributed by atoms with Gasteiger partial charge in [0, 0.05) is 15.6 Å². The number of carbonyl (C=O) groups is 1. The molecule has 0 aromatic heterocycles. The molecule has 1 aliphatic rings. The maximum atomic E-state index is 11.7. The first-order chi connectivity index (χ1) is 13.0. The number of ether oxygens (including phenoxy) is 2. The normalized spacial score (nSPS) is 14.9. The van der Waals surface area contributed by atoms with Crippen LogP contribution in [0.1, 0.15) is 25.0 Å². The second kappa shape index (κ2) is 8.46. The molecule has 140 valence electrons. The Morgan fingerprint density at radius 3 is 2.59 bits per heavy atom. The van der Waals surface area contributed by atoms with Crippen LogP contribution in [-0.4, -0.2) is 18.3 Å². The standard InChI is InChI=1S/C20H17Cl2NO4/c1-3-25-19-9-13(8-16-12(2)23-27-20(16)24)4-7-18(19)26-11-14-5-6-15(21)10-17(14)22/h4-10H,3,11H2,1-2H3/b16-8-. The van der Waals surface area contributed by atoms with E-state index in [4.69, 9.17) is 32.7 Å². The van der Waals surface area contributed by atoms with Gasteiger partial charge in [-0.25, -0.2) is 4.79 Å². The van der Waals surface area contributed by atoms with Crippen LogP contribution in [-0.2, 0) is 16.2 Å². The minimum atomic E-state index is -0.469. The minimum Gasteiger partial charge on any atom is -0.490 e. The number of carbonyl (C=O) groups excluding carboxylic acids is 1. The van der Waals surface area contributed by atoms with Crippen molar-refractivity contribution < 1.29 is 19.1 Å². The molecular formula is C20H17Cl2NO4. The first kappa shape index (κ1) is 19.3. The third kappa shape index (κ3) is 4.62. The number of hydrogen-bond donors (Lipinski definition) is 0. The average molecular weight is 406 g/mol. The van der Waals surface area contributed by atoms with Crippen molar-refractivity contribution in [1.29, 1.82) is 0 Å². The van der Waals surface area contributed by atoms with Gasteiger partial charge in [0.05, 0.1) is 17.9 Å². The van der Waals surface area contributed by atoms with Crippen LogP contribution in [0.3, 0.4) is 0 Å². The van der Waals surface area contributed by atoms with Gasteiger partial charge < -0.3 is 14.3 Å². The number of nitrogens with zero attached hydrogens (tertiary/aromatic N) is 1. The molecule has 1 heterocycles. The Bertz CT molecular complexity index is 938. The van der Waals surface area contributed by atoms with Crippen molar-refractivity contribution in [2.24, 2.45) is 5.16 Å². The summed E-state index contributed by atoms with van der Waals surface area (Å²) in [6, 6.07) is 10.7. The van der Waals surface area contributed by atoms with E-state index in [0.717, 1.165) is 11.1 Å². The van der Waals surface area contributed by atoms with Crippen molar-refractivity contribution >= 4 is 41.0 Å². The summed E-state index contributed by atoms with van der Waals surface area (Å²) in [4.78, 5) is 16.4. The zero-order chi connectivity index (χ0) is 19.4. The lowest BCUT2D eigenvalue weighted by atomic mass is 10.1. The average Bonchev–Trinajstić information content (AvgIpc) is 2.94. The van der Waals surface area contributed by atoms with Gasteiger partial charge in [-0.1, -0.05) is 40.5 Å². The Morgan fingerprint density at radius 2 is 1.93 bits per heavy atom. The maximum absolute atomic E-state index is 11.7. The van der Waals surface area contributed by atoms with E-state index in [1.807, 2.05) is 19.1 Å². The topological polar surface area (TPSA) is 57.1 Å². The molecule has 1 aliphatic heterocycles. The lowest BCUT2D eigenvalue weighted by Gasteiger charge is -2.13. The zero-order valence-corrected chi connectivity index (χ0v) is 16.3. The van der Waals surface area contributed by atoms with Gasteiger partial charge in [-0.3, -0.25) is 0 Å². The summed E-state index contributed by atoms with van der Waals surface area (Å²) in [6.07, 6.45) is 1.70. The summed E-state index contributed by atoms with van der Waals surface area (Å²) in [7, 11) is 0. The Balaban J connectivity index is 1.82. The molecular weight excluding hydrogens is 389 g/mol. The molecule has 0 saturated carbocycles. The van der Waals surface area contributed by atoms with Gasteiger partial charge in [-0.2, -0.15) is 0 Å². The van der Waals surface area contributed by atoms with Crippen molar-refractivity contribution in [3.63, 3.8) is 0 Å². The van der Waals surface area contributed by atoms with E-state index in [-0.39, 0.29) is 6.61 Å². The third-order valence-corrected chi connectivity index (χ3v) is 4.44. The lowest BCUT2D eigenvalue weighted by Crippen LogP contribution is -2.03. The van der Waals surface area contributed by atoms with Gasteiger partial charge in [0.1, 0.15) is 6.61 Å². The molecule has 0 spiro atoms. The molecule has 27 heavy (non-hydrogen) atoms. The first-order valence-electron chi connectivity index (χ1n) is 8.29. The summed E-state index contributed by atoms with van der Waals surface area (Å²) >= 11 is 12.1. The van der Waals surface area contributed by atoms with Gasteiger partial charge in [-0.05, 0) is 49.8 Å². The van der Waals surface area contributed by atoms with E-state index in [0.29, 0.717) is 39.4 Å². The maximum Gasteiger partial charge on any atom is 0.367 e. The van der Waals surface area contributed by atoms with Crippen molar-refractivity contribution in [3.8, 4) is 11.5 Å². The van der Waals surface area contributed by atoms with Crippen molar-refractivity contribution in [1.82, 2.24) is 0 Å². The molecule has 0 fully saturated rings. The Hall–Kier alpha value is -2.50. The van der Waals surface area contributed by atoms with Crippen molar-refractivity contribution in [2.45, 2.75) is 20.5 Å². The summed E-state index contributed by atoms with van der Waals surface area (Å²) in [5, 5.41) is 4.78. The monoisotopic (exact) mass is 405 g/mol. The highest BCUT2D eigenvalue weighted by molar-refractivity contribution is 6.35. The zero-order valence-electron chi connectivity index (χ0n) is 14.8. The molecule has 3 rings (SSSR count). The van der Waals surface area contributed by atoms with E-state index in [1.165, 1.54) is 0 Å². The highest BCUT2D eigenvalue weighted by atomic mass is 35.5. The molecule has 0 amide bonds. The minimum absolute atomic E-state index is 0.272. The predicted molar refractivity (Wildman–Crippen MR) is 106 cm³/mol.